The summed E-state index contributed by atoms with van der Waals surface area (Å²) in [5.41, 5.74) is 7.68. The fourth-order valence-electron chi connectivity index (χ4n) is 2.84. The first-order valence-corrected chi connectivity index (χ1v) is 8.21. The molecule has 1 aliphatic carbocycles. The van der Waals surface area contributed by atoms with Crippen molar-refractivity contribution < 1.29 is 0 Å². The first-order valence-electron chi connectivity index (χ1n) is 7.42. The Hall–Kier alpha value is -0.300. The number of aliphatic imine (C=N–C) groups is 1. The van der Waals surface area contributed by atoms with Crippen molar-refractivity contribution in [2.45, 2.75) is 38.5 Å². The molecule has 0 bridgehead atoms. The van der Waals surface area contributed by atoms with Crippen molar-refractivity contribution in [2.24, 2.45) is 10.7 Å². The lowest BCUT2D eigenvalue weighted by Crippen LogP contribution is -2.41. The van der Waals surface area contributed by atoms with E-state index in [4.69, 9.17) is 5.73 Å². The monoisotopic (exact) mass is 465 g/mol. The third-order valence-electron chi connectivity index (χ3n) is 4.38. The molecule has 0 saturated heterocycles. The molecular formula is C16H25BrIN3. The van der Waals surface area contributed by atoms with Crippen LogP contribution < -0.4 is 5.73 Å². The van der Waals surface area contributed by atoms with Crippen LogP contribution in [0.2, 0.25) is 0 Å². The Morgan fingerprint density at radius 2 is 2.00 bits per heavy atom. The van der Waals surface area contributed by atoms with Crippen LogP contribution in [0.3, 0.4) is 0 Å². The molecular weight excluding hydrogens is 441 g/mol. The highest BCUT2D eigenvalue weighted by molar-refractivity contribution is 14.0. The fourth-order valence-corrected chi connectivity index (χ4v) is 3.24. The van der Waals surface area contributed by atoms with Crippen molar-refractivity contribution in [1.82, 2.24) is 4.90 Å². The van der Waals surface area contributed by atoms with Crippen LogP contribution in [-0.2, 0) is 5.41 Å². The molecule has 0 spiro atoms. The van der Waals surface area contributed by atoms with Gasteiger partial charge in [-0.15, -0.1) is 24.0 Å². The Labute approximate surface area is 153 Å². The van der Waals surface area contributed by atoms with E-state index in [-0.39, 0.29) is 29.4 Å². The number of nitrogens with two attached hydrogens (primary N) is 1. The summed E-state index contributed by atoms with van der Waals surface area (Å²) in [5, 5.41) is 0. The number of guanidine groups is 1. The molecule has 1 aliphatic rings. The van der Waals surface area contributed by atoms with Gasteiger partial charge in [-0.1, -0.05) is 34.5 Å². The maximum absolute atomic E-state index is 6.10. The van der Waals surface area contributed by atoms with E-state index in [0.29, 0.717) is 5.96 Å². The van der Waals surface area contributed by atoms with Gasteiger partial charge in [0.2, 0.25) is 0 Å². The van der Waals surface area contributed by atoms with E-state index in [2.05, 4.69) is 63.9 Å². The van der Waals surface area contributed by atoms with Crippen LogP contribution in [0.5, 0.6) is 0 Å². The Bertz CT molecular complexity index is 482. The van der Waals surface area contributed by atoms with E-state index in [1.54, 1.807) is 0 Å². The summed E-state index contributed by atoms with van der Waals surface area (Å²) in [5.74, 6) is 0.677. The third kappa shape index (κ3) is 4.34. The van der Waals surface area contributed by atoms with Gasteiger partial charge in [0, 0.05) is 23.0 Å². The van der Waals surface area contributed by atoms with E-state index in [0.717, 1.165) is 24.1 Å². The molecule has 1 saturated carbocycles. The lowest BCUT2D eigenvalue weighted by atomic mass is 9.64. The van der Waals surface area contributed by atoms with Gasteiger partial charge in [0.05, 0.1) is 6.54 Å². The molecule has 118 valence electrons. The number of benzene rings is 1. The van der Waals surface area contributed by atoms with E-state index in [9.17, 15) is 0 Å². The smallest absolute Gasteiger partial charge is 0.191 e. The van der Waals surface area contributed by atoms with Crippen LogP contribution >= 0.6 is 39.9 Å². The molecule has 3 nitrogen and oxygen atoms in total. The molecule has 1 aromatic carbocycles. The second-order valence-corrected chi connectivity index (χ2v) is 6.41. The third-order valence-corrected chi connectivity index (χ3v) is 4.87. The van der Waals surface area contributed by atoms with Crippen LogP contribution in [-0.4, -0.2) is 30.5 Å². The molecule has 0 aliphatic heterocycles. The molecule has 1 aromatic rings. The number of nitrogens with zero attached hydrogens (tertiary/aromatic N) is 2. The maximum Gasteiger partial charge on any atom is 0.191 e. The summed E-state index contributed by atoms with van der Waals surface area (Å²) in [6.45, 7) is 6.84. The summed E-state index contributed by atoms with van der Waals surface area (Å²) >= 11 is 3.56. The zero-order valence-corrected chi connectivity index (χ0v) is 16.7. The molecule has 1 fully saturated rings. The summed E-state index contributed by atoms with van der Waals surface area (Å²) in [4.78, 5) is 6.78. The normalized spacial score (nSPS) is 16.8. The zero-order chi connectivity index (χ0) is 14.6. The Kier molecular flexibility index (Phi) is 7.47. The first kappa shape index (κ1) is 18.7. The van der Waals surface area contributed by atoms with Gasteiger partial charge >= 0.3 is 0 Å². The minimum atomic E-state index is 0. The molecule has 5 heteroatoms. The van der Waals surface area contributed by atoms with E-state index >= 15 is 0 Å². The zero-order valence-electron chi connectivity index (χ0n) is 12.8. The first-order chi connectivity index (χ1) is 9.61. The molecule has 0 unspecified atom stereocenters. The van der Waals surface area contributed by atoms with Crippen molar-refractivity contribution >= 4 is 45.9 Å². The van der Waals surface area contributed by atoms with Gasteiger partial charge in [-0.3, -0.25) is 4.99 Å². The van der Waals surface area contributed by atoms with Gasteiger partial charge in [0.1, 0.15) is 0 Å². The minimum absolute atomic E-state index is 0. The Balaban J connectivity index is 0.00000220. The predicted octanol–water partition coefficient (Wildman–Crippen LogP) is 4.15. The highest BCUT2D eigenvalue weighted by Crippen LogP contribution is 2.44. The average molecular weight is 466 g/mol. The standard InChI is InChI=1S/C16H24BrN3.HI/c1-3-20(4-2)15(18)19-12-16(9-6-10-16)13-7-5-8-14(17)11-13;/h5,7-8,11H,3-4,6,9-10,12H2,1-2H3,(H2,18,19);1H. The van der Waals surface area contributed by atoms with Crippen molar-refractivity contribution in [2.75, 3.05) is 19.6 Å². The fraction of sp³-hybridized carbons (Fsp3) is 0.562. The van der Waals surface area contributed by atoms with Crippen molar-refractivity contribution in [3.63, 3.8) is 0 Å². The summed E-state index contributed by atoms with van der Waals surface area (Å²) < 4.78 is 1.14. The quantitative estimate of drug-likeness (QED) is 0.403. The van der Waals surface area contributed by atoms with Gasteiger partial charge < -0.3 is 10.6 Å². The van der Waals surface area contributed by atoms with Gasteiger partial charge in [-0.2, -0.15) is 0 Å². The number of hydrogen-bond acceptors (Lipinski definition) is 1. The van der Waals surface area contributed by atoms with Crippen molar-refractivity contribution in [1.29, 1.82) is 0 Å². The SMILES string of the molecule is CCN(CC)C(N)=NCC1(c2cccc(Br)c2)CCC1.I. The highest BCUT2D eigenvalue weighted by Gasteiger charge is 2.38. The van der Waals surface area contributed by atoms with E-state index in [1.807, 2.05) is 0 Å². The van der Waals surface area contributed by atoms with Crippen LogP contribution in [0.25, 0.3) is 0 Å². The van der Waals surface area contributed by atoms with Gasteiger partial charge in [-0.05, 0) is 44.4 Å². The van der Waals surface area contributed by atoms with Crippen molar-refractivity contribution in [3.05, 3.63) is 34.3 Å². The lowest BCUT2D eigenvalue weighted by Gasteiger charge is -2.41. The number of hydrogen-bond donors (Lipinski definition) is 1. The second-order valence-electron chi connectivity index (χ2n) is 5.49. The topological polar surface area (TPSA) is 41.6 Å². The van der Waals surface area contributed by atoms with Crippen LogP contribution in [0.15, 0.2) is 33.7 Å². The maximum atomic E-state index is 6.10. The van der Waals surface area contributed by atoms with Gasteiger partial charge in [0.25, 0.3) is 0 Å². The highest BCUT2D eigenvalue weighted by atomic mass is 127. The number of rotatable bonds is 5. The summed E-state index contributed by atoms with van der Waals surface area (Å²) in [7, 11) is 0. The molecule has 0 heterocycles. The van der Waals surface area contributed by atoms with E-state index < -0.39 is 0 Å². The summed E-state index contributed by atoms with van der Waals surface area (Å²) in [6.07, 6.45) is 3.70. The lowest BCUT2D eigenvalue weighted by molar-refractivity contribution is 0.252. The number of halogens is 2. The van der Waals surface area contributed by atoms with Gasteiger partial charge in [0.15, 0.2) is 5.96 Å². The van der Waals surface area contributed by atoms with Gasteiger partial charge in [-0.25, -0.2) is 0 Å². The molecule has 2 rings (SSSR count). The van der Waals surface area contributed by atoms with Crippen LogP contribution in [0.4, 0.5) is 0 Å². The molecule has 2 N–H and O–H groups in total. The predicted molar refractivity (Wildman–Crippen MR) is 104 cm³/mol. The Morgan fingerprint density at radius 3 is 2.48 bits per heavy atom. The largest absolute Gasteiger partial charge is 0.370 e. The summed E-state index contributed by atoms with van der Waals surface area (Å²) in [6, 6.07) is 8.62. The minimum Gasteiger partial charge on any atom is -0.370 e. The van der Waals surface area contributed by atoms with Crippen molar-refractivity contribution in [3.8, 4) is 0 Å². The molecule has 21 heavy (non-hydrogen) atoms. The molecule has 0 radical (unpaired) electrons. The Morgan fingerprint density at radius 1 is 1.33 bits per heavy atom. The average Bonchev–Trinajstić information content (AvgIpc) is 2.39. The van der Waals surface area contributed by atoms with Crippen LogP contribution in [0.1, 0.15) is 38.7 Å². The van der Waals surface area contributed by atoms with E-state index in [1.165, 1.54) is 24.8 Å². The molecule has 0 atom stereocenters. The van der Waals surface area contributed by atoms with Crippen LogP contribution in [0, 0.1) is 0 Å². The molecule has 0 aromatic heterocycles. The second kappa shape index (κ2) is 8.36. The molecule has 0 amide bonds.